The van der Waals surface area contributed by atoms with Gasteiger partial charge in [-0.2, -0.15) is 5.10 Å². The molecule has 0 spiro atoms. The van der Waals surface area contributed by atoms with Crippen LogP contribution in [-0.4, -0.2) is 16.1 Å². The predicted octanol–water partition coefficient (Wildman–Crippen LogP) is 2.27. The van der Waals surface area contributed by atoms with Crippen molar-refractivity contribution in [3.05, 3.63) is 23.4 Å². The van der Waals surface area contributed by atoms with E-state index in [0.717, 1.165) is 24.1 Å². The van der Waals surface area contributed by atoms with Crippen molar-refractivity contribution in [2.75, 3.05) is 5.32 Å². The molecule has 1 amide bonds. The highest BCUT2D eigenvalue weighted by Gasteiger charge is 2.02. The van der Waals surface area contributed by atoms with Gasteiger partial charge in [-0.05, 0) is 20.3 Å². The third-order valence-electron chi connectivity index (χ3n) is 1.82. The number of nitrogens with one attached hydrogen (secondary N) is 2. The molecule has 0 aliphatic rings. The van der Waals surface area contributed by atoms with Crippen molar-refractivity contribution in [1.29, 1.82) is 0 Å². The first-order chi connectivity index (χ1) is 7.11. The van der Waals surface area contributed by atoms with Gasteiger partial charge in [0.15, 0.2) is 5.82 Å². The van der Waals surface area contributed by atoms with Crippen LogP contribution in [0.2, 0.25) is 0 Å². The summed E-state index contributed by atoms with van der Waals surface area (Å²) in [4.78, 5) is 11.3. The Labute approximate surface area is 89.8 Å². The minimum atomic E-state index is -0.135. The van der Waals surface area contributed by atoms with E-state index >= 15 is 0 Å². The molecule has 15 heavy (non-hydrogen) atoms. The first kappa shape index (κ1) is 11.5. The summed E-state index contributed by atoms with van der Waals surface area (Å²) >= 11 is 0. The standard InChI is InChI=1S/C11H17N3O/c1-4-5-9-7-10(14-13-9)12-11(15)6-8(2)3/h6-7H,4-5H2,1-3H3,(H2,12,13,14,15). The lowest BCUT2D eigenvalue weighted by Crippen LogP contribution is -2.08. The van der Waals surface area contributed by atoms with Crippen LogP contribution in [0, 0.1) is 0 Å². The average molecular weight is 207 g/mol. The van der Waals surface area contributed by atoms with Crippen molar-refractivity contribution in [2.45, 2.75) is 33.6 Å². The van der Waals surface area contributed by atoms with Gasteiger partial charge in [-0.25, -0.2) is 0 Å². The highest BCUT2D eigenvalue weighted by molar-refractivity contribution is 5.98. The van der Waals surface area contributed by atoms with E-state index in [0.29, 0.717) is 5.82 Å². The molecule has 0 aliphatic carbocycles. The van der Waals surface area contributed by atoms with Crippen molar-refractivity contribution < 1.29 is 4.79 Å². The maximum Gasteiger partial charge on any atom is 0.249 e. The monoisotopic (exact) mass is 207 g/mol. The van der Waals surface area contributed by atoms with Crippen molar-refractivity contribution in [1.82, 2.24) is 10.2 Å². The van der Waals surface area contributed by atoms with Crippen LogP contribution in [0.25, 0.3) is 0 Å². The van der Waals surface area contributed by atoms with Gasteiger partial charge in [-0.1, -0.05) is 18.9 Å². The fraction of sp³-hybridized carbons (Fsp3) is 0.455. The van der Waals surface area contributed by atoms with Gasteiger partial charge < -0.3 is 5.32 Å². The number of nitrogens with zero attached hydrogens (tertiary/aromatic N) is 1. The molecule has 82 valence electrons. The Morgan fingerprint density at radius 3 is 2.93 bits per heavy atom. The zero-order valence-electron chi connectivity index (χ0n) is 9.42. The van der Waals surface area contributed by atoms with Crippen molar-refractivity contribution >= 4 is 11.7 Å². The van der Waals surface area contributed by atoms with E-state index in [1.807, 2.05) is 19.9 Å². The number of hydrogen-bond donors (Lipinski definition) is 2. The van der Waals surface area contributed by atoms with E-state index < -0.39 is 0 Å². The summed E-state index contributed by atoms with van der Waals surface area (Å²) in [5, 5.41) is 9.57. The number of carbonyl (C=O) groups excluding carboxylic acids is 1. The number of aryl methyl sites for hydroxylation is 1. The Morgan fingerprint density at radius 1 is 1.60 bits per heavy atom. The third-order valence-corrected chi connectivity index (χ3v) is 1.82. The van der Waals surface area contributed by atoms with Crippen molar-refractivity contribution in [2.24, 2.45) is 0 Å². The Hall–Kier alpha value is -1.58. The molecule has 1 rings (SSSR count). The largest absolute Gasteiger partial charge is 0.306 e. The molecule has 4 heteroatoms. The Kier molecular flexibility index (Phi) is 4.09. The number of allylic oxidation sites excluding steroid dienone is 1. The molecule has 0 saturated carbocycles. The highest BCUT2D eigenvalue weighted by Crippen LogP contribution is 2.07. The van der Waals surface area contributed by atoms with E-state index in [1.54, 1.807) is 6.08 Å². The molecule has 0 aliphatic heterocycles. The zero-order valence-corrected chi connectivity index (χ0v) is 9.42. The van der Waals surface area contributed by atoms with Crippen LogP contribution >= 0.6 is 0 Å². The lowest BCUT2D eigenvalue weighted by molar-refractivity contribution is -0.112. The van der Waals surface area contributed by atoms with Gasteiger partial charge >= 0.3 is 0 Å². The van der Waals surface area contributed by atoms with Crippen LogP contribution in [-0.2, 0) is 11.2 Å². The molecule has 0 fully saturated rings. The summed E-state index contributed by atoms with van der Waals surface area (Å²) in [5.74, 6) is 0.450. The molecule has 1 heterocycles. The lowest BCUT2D eigenvalue weighted by Gasteiger charge is -1.95. The number of aromatic nitrogens is 2. The number of aromatic amines is 1. The van der Waals surface area contributed by atoms with Crippen molar-refractivity contribution in [3.63, 3.8) is 0 Å². The fourth-order valence-corrected chi connectivity index (χ4v) is 1.25. The van der Waals surface area contributed by atoms with Crippen molar-refractivity contribution in [3.8, 4) is 0 Å². The summed E-state index contributed by atoms with van der Waals surface area (Å²) < 4.78 is 0. The second kappa shape index (κ2) is 5.34. The molecule has 0 bridgehead atoms. The smallest absolute Gasteiger partial charge is 0.249 e. The number of rotatable bonds is 4. The number of amides is 1. The Morgan fingerprint density at radius 2 is 2.33 bits per heavy atom. The summed E-state index contributed by atoms with van der Waals surface area (Å²) in [6.45, 7) is 5.86. The molecular formula is C11H17N3O. The van der Waals surface area contributed by atoms with Gasteiger partial charge in [0.1, 0.15) is 0 Å². The number of H-pyrrole nitrogens is 1. The SMILES string of the molecule is CCCc1cc(NC(=O)C=C(C)C)n[nH]1. The molecule has 1 aromatic rings. The molecule has 0 aromatic carbocycles. The first-order valence-electron chi connectivity index (χ1n) is 5.12. The summed E-state index contributed by atoms with van der Waals surface area (Å²) in [5.41, 5.74) is 2.02. The van der Waals surface area contributed by atoms with Crippen LogP contribution in [0.3, 0.4) is 0 Å². The van der Waals surface area contributed by atoms with Crippen LogP contribution < -0.4 is 5.32 Å². The Balaban J connectivity index is 2.57. The maximum absolute atomic E-state index is 11.3. The fourth-order valence-electron chi connectivity index (χ4n) is 1.25. The van der Waals surface area contributed by atoms with Crippen LogP contribution in [0.1, 0.15) is 32.9 Å². The summed E-state index contributed by atoms with van der Waals surface area (Å²) in [7, 11) is 0. The first-order valence-corrected chi connectivity index (χ1v) is 5.12. The van der Waals surface area contributed by atoms with E-state index in [2.05, 4.69) is 22.4 Å². The molecule has 0 radical (unpaired) electrons. The predicted molar refractivity (Wildman–Crippen MR) is 60.6 cm³/mol. The number of anilines is 1. The quantitative estimate of drug-likeness (QED) is 0.744. The summed E-state index contributed by atoms with van der Waals surface area (Å²) in [6, 6.07) is 1.86. The molecule has 0 atom stereocenters. The molecule has 4 nitrogen and oxygen atoms in total. The van der Waals surface area contributed by atoms with Gasteiger partial charge in [-0.3, -0.25) is 9.89 Å². The molecule has 2 N–H and O–H groups in total. The third kappa shape index (κ3) is 3.97. The molecular weight excluding hydrogens is 190 g/mol. The molecule has 1 aromatic heterocycles. The second-order valence-electron chi connectivity index (χ2n) is 3.74. The Bertz CT molecular complexity index is 362. The zero-order chi connectivity index (χ0) is 11.3. The van der Waals surface area contributed by atoms with E-state index in [9.17, 15) is 4.79 Å². The lowest BCUT2D eigenvalue weighted by atomic mass is 10.2. The highest BCUT2D eigenvalue weighted by atomic mass is 16.1. The van der Waals surface area contributed by atoms with E-state index in [4.69, 9.17) is 0 Å². The van der Waals surface area contributed by atoms with E-state index in [-0.39, 0.29) is 5.91 Å². The van der Waals surface area contributed by atoms with Gasteiger partial charge in [0, 0.05) is 17.8 Å². The normalized spacial score (nSPS) is 9.80. The van der Waals surface area contributed by atoms with Crippen LogP contribution in [0.5, 0.6) is 0 Å². The van der Waals surface area contributed by atoms with Crippen LogP contribution in [0.15, 0.2) is 17.7 Å². The number of hydrogen-bond acceptors (Lipinski definition) is 2. The number of carbonyl (C=O) groups is 1. The van der Waals surface area contributed by atoms with Crippen LogP contribution in [0.4, 0.5) is 5.82 Å². The second-order valence-corrected chi connectivity index (χ2v) is 3.74. The minimum Gasteiger partial charge on any atom is -0.306 e. The average Bonchev–Trinajstić information content (AvgIpc) is 2.51. The molecule has 0 unspecified atom stereocenters. The topological polar surface area (TPSA) is 57.8 Å². The van der Waals surface area contributed by atoms with Gasteiger partial charge in [0.2, 0.25) is 5.91 Å². The maximum atomic E-state index is 11.3. The van der Waals surface area contributed by atoms with Gasteiger partial charge in [-0.15, -0.1) is 0 Å². The molecule has 0 saturated heterocycles. The minimum absolute atomic E-state index is 0.135. The van der Waals surface area contributed by atoms with Gasteiger partial charge in [0.25, 0.3) is 0 Å². The van der Waals surface area contributed by atoms with E-state index in [1.165, 1.54) is 0 Å². The van der Waals surface area contributed by atoms with Gasteiger partial charge in [0.05, 0.1) is 0 Å². The summed E-state index contributed by atoms with van der Waals surface area (Å²) in [6.07, 6.45) is 3.56.